The van der Waals surface area contributed by atoms with Crippen molar-refractivity contribution in [1.82, 2.24) is 19.1 Å². The number of Topliss-reactive ketones (excluding diaryl/α,β-unsaturated/α-hetero) is 2. The molecule has 8 aliphatic rings. The molecule has 4 aromatic rings. The van der Waals surface area contributed by atoms with Crippen molar-refractivity contribution in [3.05, 3.63) is 67.1 Å². The molecule has 17 atom stereocenters. The second-order valence-electron chi connectivity index (χ2n) is 26.8. The van der Waals surface area contributed by atoms with Crippen LogP contribution in [0, 0.1) is 95.7 Å². The van der Waals surface area contributed by atoms with Crippen LogP contribution in [-0.2, 0) is 34.8 Å². The van der Waals surface area contributed by atoms with Gasteiger partial charge in [0, 0.05) is 33.0 Å². The van der Waals surface area contributed by atoms with Gasteiger partial charge in [-0.3, -0.25) is 9.59 Å². The summed E-state index contributed by atoms with van der Waals surface area (Å²) >= 11 is 0. The van der Waals surface area contributed by atoms with Crippen LogP contribution in [0.2, 0.25) is 0 Å². The van der Waals surface area contributed by atoms with E-state index in [1.54, 1.807) is 7.11 Å². The summed E-state index contributed by atoms with van der Waals surface area (Å²) in [5.74, 6) is 10.9. The van der Waals surface area contributed by atoms with Crippen LogP contribution in [0.3, 0.4) is 0 Å². The number of aryl methyl sites for hydroxylation is 3. The normalized spacial score (nSPS) is 38.7. The van der Waals surface area contributed by atoms with Crippen LogP contribution in [0.25, 0.3) is 22.1 Å². The van der Waals surface area contributed by atoms with Crippen LogP contribution in [-0.4, -0.2) is 65.3 Å². The molecule has 2 heterocycles. The molecule has 8 aliphatic carbocycles. The first-order valence-electron chi connectivity index (χ1n) is 29.9. The van der Waals surface area contributed by atoms with Crippen molar-refractivity contribution in [2.75, 3.05) is 7.11 Å². The fraction of sp³-hybridized carbons (Fsp3) is 0.738. The minimum absolute atomic E-state index is 0. The summed E-state index contributed by atoms with van der Waals surface area (Å²) in [6.45, 7) is 18.6. The number of ketones is 2. The second-order valence-corrected chi connectivity index (χ2v) is 26.8. The van der Waals surface area contributed by atoms with Crippen molar-refractivity contribution < 1.29 is 43.4 Å². The van der Waals surface area contributed by atoms with Gasteiger partial charge < -0.3 is 31.0 Å². The van der Waals surface area contributed by atoms with Gasteiger partial charge in [-0.2, -0.15) is 6.42 Å². The predicted molar refractivity (Wildman–Crippen MR) is 299 cm³/mol. The number of aliphatic hydroxyl groups is 2. The third-order valence-corrected chi connectivity index (χ3v) is 22.5. The van der Waals surface area contributed by atoms with E-state index >= 15 is 0 Å². The molecule has 9 nitrogen and oxygen atoms in total. The zero-order valence-electron chi connectivity index (χ0n) is 48.6. The molecule has 0 bridgehead atoms. The van der Waals surface area contributed by atoms with Gasteiger partial charge in [0.2, 0.25) is 0 Å². The van der Waals surface area contributed by atoms with Crippen LogP contribution >= 0.6 is 0 Å². The quantitative estimate of drug-likeness (QED) is 0.140. The van der Waals surface area contributed by atoms with Crippen LogP contribution in [0.4, 0.5) is 0 Å². The average Bonchev–Trinajstić information content (AvgIpc) is 4.14. The summed E-state index contributed by atoms with van der Waals surface area (Å²) in [5.41, 5.74) is 3.85. The molecule has 0 radical (unpaired) electrons. The Balaban J connectivity index is 0.000000157. The first-order chi connectivity index (χ1) is 35.2. The Morgan fingerprint density at radius 2 is 1.11 bits per heavy atom. The fourth-order valence-electron chi connectivity index (χ4n) is 18.5. The average molecular weight is 1020 g/mol. The fourth-order valence-corrected chi connectivity index (χ4v) is 18.5. The molecule has 8 fully saturated rings. The maximum Gasteiger partial charge on any atom is 1.00 e. The van der Waals surface area contributed by atoms with E-state index in [1.165, 1.54) is 89.0 Å². The van der Waals surface area contributed by atoms with Gasteiger partial charge in [-0.15, -0.1) is 0 Å². The Labute approximate surface area is 464 Å². The van der Waals surface area contributed by atoms with Gasteiger partial charge in [0.15, 0.2) is 5.78 Å². The molecule has 0 saturated heterocycles. The maximum atomic E-state index is 13.7. The summed E-state index contributed by atoms with van der Waals surface area (Å²) in [6, 6.07) is 16.3. The van der Waals surface area contributed by atoms with Crippen LogP contribution < -0.4 is 18.9 Å². The number of carbonyl (C=O) groups excluding carboxylic acids is 2. The molecule has 0 amide bonds. The topological polar surface area (TPSA) is 119 Å². The SMILES string of the molecule is COC(C)C(=O)[C@H]1CC[C@H]2[C@@H]3CC[C@@H]4C[C@](C)(O)CC[C@@H]4[C@H]3CC[C@]12C.Cc1nc2ccccc2n1C.Cn1c(CC(=O)[C@H]2CC[C@H]3[C@@H]4CC[C@@H]5C[C@](C)(O)CC[C@@H]5[C@H]4CC[C@]23C)nc2ccccc21.[CH2-]CCC.[Li+]. The standard InChI is InChI=1S/C29H40N2O2.C23H38O3.C9H10N2.C4H9.Li/c1-28(33)14-12-19-18(17-28)8-9-21-20(19)13-15-29(2)22(21)10-11-23(29)26(32)16-27-30-24-6-4-5-7-25(24)31(27)3;1-14(26-4)21(24)20-8-7-19-18-6-5-15-13-22(2,25)11-9-16(15)17(18)10-12-23(19,20)3;1-7-10-8-5-3-4-6-9(8)11(7)2;1-3-4-2;/h4-7,18-23,33H,8-17H2,1-3H3;14-20,25H,5-13H2,1-4H3;3-6H,1-2H3;1,3-4H2,2H3;/q;;;-1;+1/t18-,19+,20-,21-,22+,23-,28-,29+;14?,15-,16+,17-,18-,19+,20-,22-,23+;;;/m11.../s1. The second kappa shape index (κ2) is 23.5. The number of hydrogen-bond acceptors (Lipinski definition) is 7. The molecule has 408 valence electrons. The van der Waals surface area contributed by atoms with E-state index < -0.39 is 11.2 Å². The number of para-hydroxylation sites is 4. The van der Waals surface area contributed by atoms with E-state index in [0.29, 0.717) is 23.9 Å². The van der Waals surface area contributed by atoms with Gasteiger partial charge in [0.1, 0.15) is 23.5 Å². The minimum Gasteiger partial charge on any atom is -0.390 e. The first-order valence-corrected chi connectivity index (χ1v) is 29.9. The molecule has 0 spiro atoms. The van der Waals surface area contributed by atoms with E-state index in [9.17, 15) is 19.8 Å². The zero-order chi connectivity index (χ0) is 52.9. The largest absolute Gasteiger partial charge is 1.00 e. The van der Waals surface area contributed by atoms with E-state index in [-0.39, 0.29) is 47.6 Å². The number of benzene rings is 2. The number of carbonyl (C=O) groups is 2. The molecule has 2 N–H and O–H groups in total. The van der Waals surface area contributed by atoms with Crippen molar-refractivity contribution in [2.45, 2.75) is 201 Å². The number of unbranched alkanes of at least 4 members (excludes halogenated alkanes) is 1. The van der Waals surface area contributed by atoms with Crippen LogP contribution in [0.15, 0.2) is 48.5 Å². The number of nitrogens with zero attached hydrogens (tertiary/aromatic N) is 4. The van der Waals surface area contributed by atoms with Crippen molar-refractivity contribution >= 4 is 33.6 Å². The summed E-state index contributed by atoms with van der Waals surface area (Å²) < 4.78 is 9.57. The van der Waals surface area contributed by atoms with Gasteiger partial charge in [0.05, 0.1) is 39.7 Å². The first kappa shape index (κ1) is 58.3. The van der Waals surface area contributed by atoms with Gasteiger partial charge in [0.25, 0.3) is 0 Å². The van der Waals surface area contributed by atoms with Crippen molar-refractivity contribution in [2.24, 2.45) is 95.9 Å². The molecule has 75 heavy (non-hydrogen) atoms. The predicted octanol–water partition coefficient (Wildman–Crippen LogP) is 10.8. The number of rotatable bonds is 7. The number of ether oxygens (including phenoxy) is 1. The Hall–Kier alpha value is -2.80. The van der Waals surface area contributed by atoms with E-state index in [4.69, 9.17) is 9.72 Å². The maximum absolute atomic E-state index is 13.7. The molecule has 12 rings (SSSR count). The molecule has 2 aromatic carbocycles. The molecule has 10 heteroatoms. The third kappa shape index (κ3) is 11.5. The van der Waals surface area contributed by atoms with Gasteiger partial charge in [-0.05, 0) is 238 Å². The van der Waals surface area contributed by atoms with Crippen molar-refractivity contribution in [3.63, 3.8) is 0 Å². The van der Waals surface area contributed by atoms with Crippen LogP contribution in [0.1, 0.15) is 182 Å². The van der Waals surface area contributed by atoms with Crippen LogP contribution in [0.5, 0.6) is 0 Å². The molecule has 0 aliphatic heterocycles. The Bertz CT molecular complexity index is 2580. The number of methoxy groups -OCH3 is 1. The monoisotopic (exact) mass is 1020 g/mol. The number of fused-ring (bicyclic) bond motifs is 12. The molecular formula is C65H97LiN4O5. The minimum atomic E-state index is -0.447. The summed E-state index contributed by atoms with van der Waals surface area (Å²) in [5, 5.41) is 21.2. The number of imidazole rings is 2. The zero-order valence-corrected chi connectivity index (χ0v) is 48.6. The smallest absolute Gasteiger partial charge is 0.390 e. The molecule has 8 saturated carbocycles. The molecule has 2 aromatic heterocycles. The van der Waals surface area contributed by atoms with Gasteiger partial charge in [-0.1, -0.05) is 51.5 Å². The number of hydrogen-bond donors (Lipinski definition) is 2. The van der Waals surface area contributed by atoms with E-state index in [0.717, 1.165) is 126 Å². The van der Waals surface area contributed by atoms with Gasteiger partial charge >= 0.3 is 18.9 Å². The molecular weight excluding hydrogens is 924 g/mol. The number of aromatic nitrogens is 4. The van der Waals surface area contributed by atoms with Crippen molar-refractivity contribution in [3.8, 4) is 0 Å². The molecule has 1 unspecified atom stereocenters. The van der Waals surface area contributed by atoms with Gasteiger partial charge in [-0.25, -0.2) is 9.97 Å². The van der Waals surface area contributed by atoms with Crippen molar-refractivity contribution in [1.29, 1.82) is 0 Å². The third-order valence-electron chi connectivity index (χ3n) is 22.5. The summed E-state index contributed by atoms with van der Waals surface area (Å²) in [7, 11) is 5.74. The summed E-state index contributed by atoms with van der Waals surface area (Å²) in [6.07, 6.45) is 23.7. The van der Waals surface area contributed by atoms with E-state index in [1.807, 2.05) is 78.2 Å². The van der Waals surface area contributed by atoms with E-state index in [2.05, 4.69) is 53.9 Å². The summed E-state index contributed by atoms with van der Waals surface area (Å²) in [4.78, 5) is 35.8. The Kier molecular flexibility index (Phi) is 18.3. The Morgan fingerprint density at radius 1 is 0.653 bits per heavy atom. The Morgan fingerprint density at radius 3 is 1.59 bits per heavy atom.